The van der Waals surface area contributed by atoms with Crippen molar-refractivity contribution in [3.05, 3.63) is 24.3 Å². The van der Waals surface area contributed by atoms with Gasteiger partial charge in [0, 0.05) is 25.8 Å². The van der Waals surface area contributed by atoms with Gasteiger partial charge in [0.05, 0.1) is 5.69 Å². The molecule has 1 rings (SSSR count). The van der Waals surface area contributed by atoms with Gasteiger partial charge in [-0.3, -0.25) is 14.4 Å². The highest BCUT2D eigenvalue weighted by Crippen LogP contribution is 2.16. The summed E-state index contributed by atoms with van der Waals surface area (Å²) in [6.45, 7) is 1.63. The molecule has 7 heteroatoms. The minimum atomic E-state index is -0.931. The standard InChI is InChI=1S/C15H21N3O4/c1-11(20)18(13-7-5-12(16)6-8-13)15(22)14(21)17-9-3-2-4-10-19/h5-8,19H,2-4,9-10,16H2,1H3,(H,17,21). The summed E-state index contributed by atoms with van der Waals surface area (Å²) in [5.41, 5.74) is 6.35. The highest BCUT2D eigenvalue weighted by Gasteiger charge is 2.26. The first-order chi connectivity index (χ1) is 10.5. The fraction of sp³-hybridized carbons (Fsp3) is 0.400. The van der Waals surface area contributed by atoms with Crippen LogP contribution in [0.4, 0.5) is 11.4 Å². The number of rotatable bonds is 6. The SMILES string of the molecule is CC(=O)N(C(=O)C(=O)NCCCCCO)c1ccc(N)cc1. The quantitative estimate of drug-likeness (QED) is 0.401. The first-order valence-corrected chi connectivity index (χ1v) is 7.06. The zero-order valence-corrected chi connectivity index (χ0v) is 12.5. The van der Waals surface area contributed by atoms with E-state index in [4.69, 9.17) is 10.8 Å². The van der Waals surface area contributed by atoms with Crippen LogP contribution in [0.15, 0.2) is 24.3 Å². The first-order valence-electron chi connectivity index (χ1n) is 7.06. The van der Waals surface area contributed by atoms with Gasteiger partial charge in [-0.2, -0.15) is 0 Å². The number of aliphatic hydroxyl groups excluding tert-OH is 1. The number of benzene rings is 1. The number of unbranched alkanes of at least 4 members (excludes halogenated alkanes) is 2. The van der Waals surface area contributed by atoms with E-state index < -0.39 is 17.7 Å². The van der Waals surface area contributed by atoms with E-state index in [1.807, 2.05) is 0 Å². The van der Waals surface area contributed by atoms with E-state index in [0.717, 1.165) is 11.3 Å². The largest absolute Gasteiger partial charge is 0.399 e. The van der Waals surface area contributed by atoms with Crippen LogP contribution >= 0.6 is 0 Å². The van der Waals surface area contributed by atoms with Crippen molar-refractivity contribution in [1.29, 1.82) is 0 Å². The molecule has 0 aliphatic heterocycles. The molecular formula is C15H21N3O4. The predicted octanol–water partition coefficient (Wildman–Crippen LogP) is 0.427. The van der Waals surface area contributed by atoms with Crippen molar-refractivity contribution >= 4 is 29.1 Å². The fourth-order valence-corrected chi connectivity index (χ4v) is 1.86. The molecule has 0 aliphatic carbocycles. The number of nitrogens with two attached hydrogens (primary N) is 1. The molecule has 4 N–H and O–H groups in total. The minimum Gasteiger partial charge on any atom is -0.399 e. The molecule has 22 heavy (non-hydrogen) atoms. The second-order valence-electron chi connectivity index (χ2n) is 4.79. The van der Waals surface area contributed by atoms with Gasteiger partial charge in [0.1, 0.15) is 0 Å². The van der Waals surface area contributed by atoms with Crippen molar-refractivity contribution < 1.29 is 19.5 Å². The lowest BCUT2D eigenvalue weighted by molar-refractivity contribution is -0.139. The summed E-state index contributed by atoms with van der Waals surface area (Å²) in [4.78, 5) is 36.4. The van der Waals surface area contributed by atoms with E-state index in [9.17, 15) is 14.4 Å². The fourth-order valence-electron chi connectivity index (χ4n) is 1.86. The normalized spacial score (nSPS) is 10.1. The van der Waals surface area contributed by atoms with E-state index in [0.29, 0.717) is 30.8 Å². The number of imide groups is 1. The zero-order chi connectivity index (χ0) is 16.5. The molecule has 1 aromatic rings. The molecule has 0 unspecified atom stereocenters. The topological polar surface area (TPSA) is 113 Å². The van der Waals surface area contributed by atoms with Gasteiger partial charge in [0.15, 0.2) is 0 Å². The molecule has 0 aliphatic rings. The second kappa shape index (κ2) is 8.78. The van der Waals surface area contributed by atoms with Crippen molar-refractivity contribution in [2.24, 2.45) is 0 Å². The molecule has 0 bridgehead atoms. The van der Waals surface area contributed by atoms with Crippen molar-refractivity contribution in [2.75, 3.05) is 23.8 Å². The van der Waals surface area contributed by atoms with E-state index in [2.05, 4.69) is 5.32 Å². The van der Waals surface area contributed by atoms with Crippen LogP contribution in [-0.4, -0.2) is 36.0 Å². The lowest BCUT2D eigenvalue weighted by Crippen LogP contribution is -2.45. The Hall–Kier alpha value is -2.41. The Morgan fingerprint density at radius 3 is 2.32 bits per heavy atom. The average molecular weight is 307 g/mol. The predicted molar refractivity (Wildman–Crippen MR) is 83.0 cm³/mol. The molecule has 7 nitrogen and oxygen atoms in total. The van der Waals surface area contributed by atoms with Crippen LogP contribution in [0, 0.1) is 0 Å². The summed E-state index contributed by atoms with van der Waals surface area (Å²) in [6, 6.07) is 6.10. The number of hydrogen-bond donors (Lipinski definition) is 3. The van der Waals surface area contributed by atoms with Crippen LogP contribution in [0.3, 0.4) is 0 Å². The molecule has 0 saturated heterocycles. The van der Waals surface area contributed by atoms with Gasteiger partial charge >= 0.3 is 11.8 Å². The number of carbonyl (C=O) groups excluding carboxylic acids is 3. The van der Waals surface area contributed by atoms with Gasteiger partial charge in [-0.1, -0.05) is 0 Å². The minimum absolute atomic E-state index is 0.0993. The van der Waals surface area contributed by atoms with Crippen LogP contribution in [0.5, 0.6) is 0 Å². The molecule has 0 fully saturated rings. The number of nitrogen functional groups attached to an aromatic ring is 1. The number of aliphatic hydroxyl groups is 1. The summed E-state index contributed by atoms with van der Waals surface area (Å²) >= 11 is 0. The Labute approximate surface area is 129 Å². The molecule has 3 amide bonds. The van der Waals surface area contributed by atoms with E-state index in [1.165, 1.54) is 19.1 Å². The monoisotopic (exact) mass is 307 g/mol. The molecule has 0 atom stereocenters. The highest BCUT2D eigenvalue weighted by molar-refractivity contribution is 6.45. The van der Waals surface area contributed by atoms with Crippen LogP contribution in [0.2, 0.25) is 0 Å². The molecule has 0 heterocycles. The summed E-state index contributed by atoms with van der Waals surface area (Å²) < 4.78 is 0. The third kappa shape index (κ3) is 5.17. The highest BCUT2D eigenvalue weighted by atomic mass is 16.3. The second-order valence-corrected chi connectivity index (χ2v) is 4.79. The Morgan fingerprint density at radius 1 is 1.14 bits per heavy atom. The maximum absolute atomic E-state index is 12.1. The Balaban J connectivity index is 2.67. The number of nitrogens with one attached hydrogen (secondary N) is 1. The van der Waals surface area contributed by atoms with Gasteiger partial charge in [-0.15, -0.1) is 0 Å². The molecular weight excluding hydrogens is 286 g/mol. The maximum Gasteiger partial charge on any atom is 0.323 e. The van der Waals surface area contributed by atoms with E-state index in [1.54, 1.807) is 12.1 Å². The van der Waals surface area contributed by atoms with Crippen LogP contribution < -0.4 is 16.0 Å². The van der Waals surface area contributed by atoms with Gasteiger partial charge in [-0.25, -0.2) is 4.90 Å². The molecule has 0 saturated carbocycles. The summed E-state index contributed by atoms with van der Waals surface area (Å²) in [6.07, 6.45) is 2.05. The van der Waals surface area contributed by atoms with Crippen molar-refractivity contribution in [3.8, 4) is 0 Å². The molecule has 0 aromatic heterocycles. The van der Waals surface area contributed by atoms with E-state index in [-0.39, 0.29) is 6.61 Å². The van der Waals surface area contributed by atoms with Gasteiger partial charge in [0.2, 0.25) is 5.91 Å². The third-order valence-corrected chi connectivity index (χ3v) is 2.98. The average Bonchev–Trinajstić information content (AvgIpc) is 2.48. The first kappa shape index (κ1) is 17.6. The summed E-state index contributed by atoms with van der Waals surface area (Å²) in [7, 11) is 0. The van der Waals surface area contributed by atoms with Crippen LogP contribution in [-0.2, 0) is 14.4 Å². The lowest BCUT2D eigenvalue weighted by Gasteiger charge is -2.18. The molecule has 0 spiro atoms. The maximum atomic E-state index is 12.1. The Morgan fingerprint density at radius 2 is 1.77 bits per heavy atom. The van der Waals surface area contributed by atoms with Crippen molar-refractivity contribution in [1.82, 2.24) is 5.32 Å². The van der Waals surface area contributed by atoms with Crippen molar-refractivity contribution in [3.63, 3.8) is 0 Å². The van der Waals surface area contributed by atoms with Gasteiger partial charge in [-0.05, 0) is 43.5 Å². The third-order valence-electron chi connectivity index (χ3n) is 2.98. The number of nitrogens with zero attached hydrogens (tertiary/aromatic N) is 1. The van der Waals surface area contributed by atoms with Crippen molar-refractivity contribution in [2.45, 2.75) is 26.2 Å². The number of amides is 3. The summed E-state index contributed by atoms with van der Waals surface area (Å²) in [5.74, 6) is -2.32. The summed E-state index contributed by atoms with van der Waals surface area (Å²) in [5, 5.41) is 11.1. The molecule has 1 aromatic carbocycles. The number of carbonyl (C=O) groups is 3. The Bertz CT molecular complexity index is 528. The smallest absolute Gasteiger partial charge is 0.323 e. The number of anilines is 2. The molecule has 120 valence electrons. The van der Waals surface area contributed by atoms with E-state index >= 15 is 0 Å². The Kier molecular flexibility index (Phi) is 7.04. The molecule has 0 radical (unpaired) electrons. The number of hydrogen-bond acceptors (Lipinski definition) is 5. The lowest BCUT2D eigenvalue weighted by atomic mass is 10.2. The zero-order valence-electron chi connectivity index (χ0n) is 12.5. The van der Waals surface area contributed by atoms with Crippen LogP contribution in [0.1, 0.15) is 26.2 Å². The van der Waals surface area contributed by atoms with Gasteiger partial charge in [0.25, 0.3) is 0 Å². The van der Waals surface area contributed by atoms with Gasteiger partial charge < -0.3 is 16.2 Å². The van der Waals surface area contributed by atoms with Crippen LogP contribution in [0.25, 0.3) is 0 Å².